The third-order valence-electron chi connectivity index (χ3n) is 4.45. The smallest absolute Gasteiger partial charge is 0.343 e. The summed E-state index contributed by atoms with van der Waals surface area (Å²) in [5.41, 5.74) is 3.47. The van der Waals surface area contributed by atoms with Crippen LogP contribution in [-0.4, -0.2) is 34.3 Å². The number of aromatic nitrogens is 3. The number of hydrogen-bond acceptors (Lipinski definition) is 6. The molecule has 0 fully saturated rings. The van der Waals surface area contributed by atoms with Gasteiger partial charge in [-0.15, -0.1) is 0 Å². The Bertz CT molecular complexity index is 1180. The van der Waals surface area contributed by atoms with Gasteiger partial charge in [0.2, 0.25) is 0 Å². The van der Waals surface area contributed by atoms with Gasteiger partial charge in [-0.3, -0.25) is 0 Å². The minimum atomic E-state index is -0.445. The molecule has 2 aromatic heterocycles. The van der Waals surface area contributed by atoms with Crippen molar-refractivity contribution in [3.05, 3.63) is 59.8 Å². The van der Waals surface area contributed by atoms with Crippen molar-refractivity contribution in [1.29, 1.82) is 0 Å². The van der Waals surface area contributed by atoms with Gasteiger partial charge >= 0.3 is 5.97 Å². The number of carbonyl (C=O) groups is 1. The Kier molecular flexibility index (Phi) is 4.57. The lowest BCUT2D eigenvalue weighted by Crippen LogP contribution is -2.06. The number of fused-ring (bicyclic) bond motifs is 3. The molecule has 7 nitrogen and oxygen atoms in total. The predicted molar refractivity (Wildman–Crippen MR) is 107 cm³/mol. The molecule has 0 bridgehead atoms. The van der Waals surface area contributed by atoms with Gasteiger partial charge in [-0.25, -0.2) is 14.3 Å². The first kappa shape index (κ1) is 17.8. The standard InChI is InChI=1S/C21H20N4O3/c1-4-28-21(26)15-12-22-25-17-8-6-5-7-14(17)19(24-20(15)25)23-16-11-13(2)9-10-18(16)27-3/h5-12H,4H2,1-3H3,(H,23,24). The molecule has 1 N–H and O–H groups in total. The van der Waals surface area contributed by atoms with Gasteiger partial charge in [0.25, 0.3) is 0 Å². The van der Waals surface area contributed by atoms with Gasteiger partial charge in [0.05, 0.1) is 31.1 Å². The highest BCUT2D eigenvalue weighted by molar-refractivity contribution is 6.00. The summed E-state index contributed by atoms with van der Waals surface area (Å²) in [6.45, 7) is 4.06. The molecular weight excluding hydrogens is 356 g/mol. The first-order chi connectivity index (χ1) is 13.6. The Morgan fingerprint density at radius 1 is 1.21 bits per heavy atom. The molecule has 0 aliphatic rings. The second kappa shape index (κ2) is 7.19. The normalized spacial score (nSPS) is 11.0. The molecule has 4 rings (SSSR count). The van der Waals surface area contributed by atoms with Gasteiger partial charge in [-0.1, -0.05) is 18.2 Å². The van der Waals surface area contributed by atoms with Crippen LogP contribution in [0, 0.1) is 6.92 Å². The molecule has 2 heterocycles. The molecule has 4 aromatic rings. The van der Waals surface area contributed by atoms with Crippen LogP contribution in [0.4, 0.5) is 11.5 Å². The van der Waals surface area contributed by atoms with E-state index in [9.17, 15) is 4.79 Å². The highest BCUT2D eigenvalue weighted by Gasteiger charge is 2.19. The average molecular weight is 376 g/mol. The molecule has 142 valence electrons. The molecule has 0 amide bonds. The fraction of sp³-hybridized carbons (Fsp3) is 0.190. The van der Waals surface area contributed by atoms with Crippen molar-refractivity contribution in [1.82, 2.24) is 14.6 Å². The fourth-order valence-electron chi connectivity index (χ4n) is 3.15. The van der Waals surface area contributed by atoms with Crippen LogP contribution in [0.25, 0.3) is 16.6 Å². The maximum absolute atomic E-state index is 12.3. The first-order valence-corrected chi connectivity index (χ1v) is 8.97. The maximum atomic E-state index is 12.3. The summed E-state index contributed by atoms with van der Waals surface area (Å²) < 4.78 is 12.3. The van der Waals surface area contributed by atoms with Crippen molar-refractivity contribution >= 4 is 34.0 Å². The molecule has 0 spiro atoms. The van der Waals surface area contributed by atoms with Crippen LogP contribution in [0.2, 0.25) is 0 Å². The number of aryl methyl sites for hydroxylation is 1. The largest absolute Gasteiger partial charge is 0.495 e. The lowest BCUT2D eigenvalue weighted by Gasteiger charge is -2.14. The van der Waals surface area contributed by atoms with Gasteiger partial charge in [0.1, 0.15) is 17.1 Å². The van der Waals surface area contributed by atoms with Crippen LogP contribution in [0.3, 0.4) is 0 Å². The Balaban J connectivity index is 1.93. The molecule has 0 atom stereocenters. The van der Waals surface area contributed by atoms with E-state index in [-0.39, 0.29) is 6.61 Å². The molecule has 2 aromatic carbocycles. The summed E-state index contributed by atoms with van der Waals surface area (Å²) in [5.74, 6) is 0.868. The molecule has 0 aliphatic heterocycles. The summed E-state index contributed by atoms with van der Waals surface area (Å²) in [4.78, 5) is 17.0. The number of rotatable bonds is 5. The van der Waals surface area contributed by atoms with Gasteiger partial charge in [0.15, 0.2) is 5.65 Å². The number of carbonyl (C=O) groups excluding carboxylic acids is 1. The summed E-state index contributed by atoms with van der Waals surface area (Å²) in [5, 5.41) is 8.58. The zero-order valence-corrected chi connectivity index (χ0v) is 15.9. The molecule has 0 unspecified atom stereocenters. The number of benzene rings is 2. The number of nitrogens with one attached hydrogen (secondary N) is 1. The lowest BCUT2D eigenvalue weighted by molar-refractivity contribution is 0.0528. The zero-order valence-electron chi connectivity index (χ0n) is 15.9. The van der Waals surface area contributed by atoms with Gasteiger partial charge < -0.3 is 14.8 Å². The van der Waals surface area contributed by atoms with E-state index in [1.807, 2.05) is 49.4 Å². The van der Waals surface area contributed by atoms with E-state index >= 15 is 0 Å². The summed E-state index contributed by atoms with van der Waals surface area (Å²) in [7, 11) is 1.63. The third kappa shape index (κ3) is 3.00. The van der Waals surface area contributed by atoms with Crippen LogP contribution in [0.15, 0.2) is 48.7 Å². The van der Waals surface area contributed by atoms with Crippen molar-refractivity contribution < 1.29 is 14.3 Å². The summed E-state index contributed by atoms with van der Waals surface area (Å²) in [6, 6.07) is 13.6. The van der Waals surface area contributed by atoms with E-state index < -0.39 is 5.97 Å². The van der Waals surface area contributed by atoms with Crippen molar-refractivity contribution in [3.63, 3.8) is 0 Å². The second-order valence-corrected chi connectivity index (χ2v) is 6.32. The van der Waals surface area contributed by atoms with Crippen LogP contribution < -0.4 is 10.1 Å². The summed E-state index contributed by atoms with van der Waals surface area (Å²) >= 11 is 0. The lowest BCUT2D eigenvalue weighted by atomic mass is 10.2. The van der Waals surface area contributed by atoms with Crippen LogP contribution in [0.5, 0.6) is 5.75 Å². The number of anilines is 2. The molecule has 28 heavy (non-hydrogen) atoms. The van der Waals surface area contributed by atoms with E-state index in [0.29, 0.717) is 22.8 Å². The average Bonchev–Trinajstić information content (AvgIpc) is 3.13. The topological polar surface area (TPSA) is 77.8 Å². The van der Waals surface area contributed by atoms with E-state index in [4.69, 9.17) is 14.5 Å². The quantitative estimate of drug-likeness (QED) is 0.528. The van der Waals surface area contributed by atoms with E-state index in [0.717, 1.165) is 22.2 Å². The number of esters is 1. The minimum absolute atomic E-state index is 0.287. The maximum Gasteiger partial charge on any atom is 0.343 e. The molecule has 0 radical (unpaired) electrons. The van der Waals surface area contributed by atoms with Crippen molar-refractivity contribution in [3.8, 4) is 5.75 Å². The Hall–Kier alpha value is -3.61. The van der Waals surface area contributed by atoms with Crippen LogP contribution in [0.1, 0.15) is 22.8 Å². The van der Waals surface area contributed by atoms with Gasteiger partial charge in [-0.2, -0.15) is 5.10 Å². The number of para-hydroxylation sites is 1. The molecule has 0 saturated heterocycles. The Morgan fingerprint density at radius 3 is 2.82 bits per heavy atom. The van der Waals surface area contributed by atoms with E-state index in [2.05, 4.69) is 10.4 Å². The molecule has 0 saturated carbocycles. The van der Waals surface area contributed by atoms with Crippen molar-refractivity contribution in [2.24, 2.45) is 0 Å². The van der Waals surface area contributed by atoms with Crippen molar-refractivity contribution in [2.75, 3.05) is 19.0 Å². The molecule has 7 heteroatoms. The fourth-order valence-corrected chi connectivity index (χ4v) is 3.15. The highest BCUT2D eigenvalue weighted by Crippen LogP contribution is 2.32. The SMILES string of the molecule is CCOC(=O)c1cnn2c1nc(Nc1cc(C)ccc1OC)c1ccccc12. The summed E-state index contributed by atoms with van der Waals surface area (Å²) in [6.07, 6.45) is 1.49. The van der Waals surface area contributed by atoms with Crippen LogP contribution in [-0.2, 0) is 4.74 Å². The zero-order chi connectivity index (χ0) is 19.7. The number of methoxy groups -OCH3 is 1. The highest BCUT2D eigenvalue weighted by atomic mass is 16.5. The number of ether oxygens (including phenoxy) is 2. The van der Waals surface area contributed by atoms with Gasteiger partial charge in [-0.05, 0) is 43.7 Å². The number of nitrogens with zero attached hydrogens (tertiary/aromatic N) is 3. The number of hydrogen-bond donors (Lipinski definition) is 1. The first-order valence-electron chi connectivity index (χ1n) is 8.97. The van der Waals surface area contributed by atoms with Crippen molar-refractivity contribution in [2.45, 2.75) is 13.8 Å². The second-order valence-electron chi connectivity index (χ2n) is 6.32. The Morgan fingerprint density at radius 2 is 2.04 bits per heavy atom. The third-order valence-corrected chi connectivity index (χ3v) is 4.45. The molecular formula is C21H20N4O3. The van der Waals surface area contributed by atoms with Crippen LogP contribution >= 0.6 is 0 Å². The molecule has 0 aliphatic carbocycles. The Labute approximate surface area is 161 Å². The van der Waals surface area contributed by atoms with Gasteiger partial charge in [0, 0.05) is 5.39 Å². The minimum Gasteiger partial charge on any atom is -0.495 e. The van der Waals surface area contributed by atoms with E-state index in [1.54, 1.807) is 18.5 Å². The van der Waals surface area contributed by atoms with E-state index in [1.165, 1.54) is 6.20 Å². The predicted octanol–water partition coefficient (Wildman–Crippen LogP) is 4.12. The monoisotopic (exact) mass is 376 g/mol.